The van der Waals surface area contributed by atoms with E-state index in [1.165, 1.54) is 0 Å². The summed E-state index contributed by atoms with van der Waals surface area (Å²) in [5, 5.41) is 9.16. The van der Waals surface area contributed by atoms with Crippen LogP contribution in [0.25, 0.3) is 0 Å². The molecule has 1 fully saturated rings. The van der Waals surface area contributed by atoms with Gasteiger partial charge in [-0.05, 0) is 11.3 Å². The Morgan fingerprint density at radius 2 is 2.00 bits per heavy atom. The number of hydrogen-bond donors (Lipinski definition) is 1. The lowest BCUT2D eigenvalue weighted by molar-refractivity contribution is -0.152. The van der Waals surface area contributed by atoms with E-state index in [1.54, 1.807) is 0 Å². The zero-order valence-corrected chi connectivity index (χ0v) is 9.58. The average molecular weight is 199 g/mol. The summed E-state index contributed by atoms with van der Waals surface area (Å²) in [5.74, 6) is 0.0197. The first-order valence-electron chi connectivity index (χ1n) is 5.33. The standard InChI is InChI=1S/C11H21NO2/c1-5-8-6-12(7-8)9(10(13)14)11(2,3)4/h8-9H,5-7H2,1-4H3,(H,13,14). The average Bonchev–Trinajstić information content (AvgIpc) is 1.91. The van der Waals surface area contributed by atoms with Crippen LogP contribution in [-0.2, 0) is 4.79 Å². The molecule has 1 aliphatic rings. The highest BCUT2D eigenvalue weighted by Crippen LogP contribution is 2.31. The first kappa shape index (κ1) is 11.5. The molecule has 3 nitrogen and oxygen atoms in total. The molecular formula is C11H21NO2. The summed E-state index contributed by atoms with van der Waals surface area (Å²) in [6.07, 6.45) is 1.16. The molecule has 1 saturated heterocycles. The van der Waals surface area contributed by atoms with Crippen molar-refractivity contribution in [3.8, 4) is 0 Å². The third kappa shape index (κ3) is 2.27. The van der Waals surface area contributed by atoms with Gasteiger partial charge in [-0.2, -0.15) is 0 Å². The number of likely N-dealkylation sites (tertiary alicyclic amines) is 1. The lowest BCUT2D eigenvalue weighted by Gasteiger charge is -2.46. The van der Waals surface area contributed by atoms with E-state index >= 15 is 0 Å². The fourth-order valence-corrected chi connectivity index (χ4v) is 2.15. The minimum atomic E-state index is -0.688. The van der Waals surface area contributed by atoms with Gasteiger partial charge in [0.1, 0.15) is 6.04 Å². The summed E-state index contributed by atoms with van der Waals surface area (Å²) in [7, 11) is 0. The van der Waals surface area contributed by atoms with Crippen LogP contribution in [0.2, 0.25) is 0 Å². The van der Waals surface area contributed by atoms with Crippen LogP contribution in [0.1, 0.15) is 34.1 Å². The van der Waals surface area contributed by atoms with Gasteiger partial charge >= 0.3 is 5.97 Å². The molecule has 1 aliphatic heterocycles. The fraction of sp³-hybridized carbons (Fsp3) is 0.909. The lowest BCUT2D eigenvalue weighted by Crippen LogP contribution is -2.59. The summed E-state index contributed by atoms with van der Waals surface area (Å²) in [4.78, 5) is 13.2. The Balaban J connectivity index is 2.59. The van der Waals surface area contributed by atoms with Gasteiger partial charge < -0.3 is 5.11 Å². The monoisotopic (exact) mass is 199 g/mol. The Morgan fingerprint density at radius 1 is 1.50 bits per heavy atom. The molecule has 82 valence electrons. The predicted molar refractivity (Wildman–Crippen MR) is 56.2 cm³/mol. The SMILES string of the molecule is CCC1CN(C(C(=O)O)C(C)(C)C)C1. The largest absolute Gasteiger partial charge is 0.480 e. The van der Waals surface area contributed by atoms with Gasteiger partial charge in [-0.25, -0.2) is 0 Å². The molecule has 3 heteroatoms. The van der Waals surface area contributed by atoms with Gasteiger partial charge in [0, 0.05) is 13.1 Å². The molecular weight excluding hydrogens is 178 g/mol. The molecule has 0 aromatic heterocycles. The zero-order chi connectivity index (χ0) is 10.9. The van der Waals surface area contributed by atoms with Crippen molar-refractivity contribution < 1.29 is 9.90 Å². The fourth-order valence-electron chi connectivity index (χ4n) is 2.15. The molecule has 0 spiro atoms. The lowest BCUT2D eigenvalue weighted by atomic mass is 9.82. The van der Waals surface area contributed by atoms with Crippen LogP contribution < -0.4 is 0 Å². The van der Waals surface area contributed by atoms with Crippen molar-refractivity contribution in [2.45, 2.75) is 40.2 Å². The van der Waals surface area contributed by atoms with Gasteiger partial charge in [0.2, 0.25) is 0 Å². The van der Waals surface area contributed by atoms with E-state index in [-0.39, 0.29) is 11.5 Å². The smallest absolute Gasteiger partial charge is 0.321 e. The number of nitrogens with zero attached hydrogens (tertiary/aromatic N) is 1. The molecule has 0 radical (unpaired) electrons. The van der Waals surface area contributed by atoms with E-state index in [4.69, 9.17) is 5.11 Å². The maximum atomic E-state index is 11.1. The highest BCUT2D eigenvalue weighted by molar-refractivity contribution is 5.74. The first-order chi connectivity index (χ1) is 6.36. The second-order valence-electron chi connectivity index (χ2n) is 5.33. The first-order valence-corrected chi connectivity index (χ1v) is 5.33. The van der Waals surface area contributed by atoms with E-state index in [2.05, 4.69) is 11.8 Å². The van der Waals surface area contributed by atoms with Gasteiger partial charge in [0.05, 0.1) is 0 Å². The van der Waals surface area contributed by atoms with Gasteiger partial charge in [-0.3, -0.25) is 9.69 Å². The van der Waals surface area contributed by atoms with Crippen LogP contribution in [0.3, 0.4) is 0 Å². The Bertz CT molecular complexity index is 214. The topological polar surface area (TPSA) is 40.5 Å². The van der Waals surface area contributed by atoms with Crippen LogP contribution in [0, 0.1) is 11.3 Å². The summed E-state index contributed by atoms with van der Waals surface area (Å²) >= 11 is 0. The highest BCUT2D eigenvalue weighted by atomic mass is 16.4. The minimum absolute atomic E-state index is 0.176. The number of carboxylic acids is 1. The maximum Gasteiger partial charge on any atom is 0.321 e. The number of carboxylic acid groups (broad SMARTS) is 1. The summed E-state index contributed by atoms with van der Waals surface area (Å²) in [6.45, 7) is 10.0. The molecule has 0 bridgehead atoms. The van der Waals surface area contributed by atoms with Crippen LogP contribution in [0.15, 0.2) is 0 Å². The number of carbonyl (C=O) groups is 1. The van der Waals surface area contributed by atoms with Crippen molar-refractivity contribution in [3.05, 3.63) is 0 Å². The van der Waals surface area contributed by atoms with Crippen LogP contribution in [0.4, 0.5) is 0 Å². The Morgan fingerprint density at radius 3 is 2.29 bits per heavy atom. The summed E-state index contributed by atoms with van der Waals surface area (Å²) < 4.78 is 0. The molecule has 0 saturated carbocycles. The normalized spacial score (nSPS) is 21.7. The van der Waals surface area contributed by atoms with Gasteiger partial charge in [-0.1, -0.05) is 34.1 Å². The van der Waals surface area contributed by atoms with Crippen LogP contribution >= 0.6 is 0 Å². The third-order valence-electron chi connectivity index (χ3n) is 2.98. The zero-order valence-electron chi connectivity index (χ0n) is 9.58. The van der Waals surface area contributed by atoms with Crippen LogP contribution in [0.5, 0.6) is 0 Å². The second-order valence-corrected chi connectivity index (χ2v) is 5.33. The molecule has 1 heterocycles. The van der Waals surface area contributed by atoms with E-state index in [1.807, 2.05) is 20.8 Å². The quantitative estimate of drug-likeness (QED) is 0.754. The Hall–Kier alpha value is -0.570. The van der Waals surface area contributed by atoms with Crippen molar-refractivity contribution >= 4 is 5.97 Å². The second kappa shape index (κ2) is 3.89. The summed E-state index contributed by atoms with van der Waals surface area (Å²) in [5.41, 5.74) is -0.176. The predicted octanol–water partition coefficient (Wildman–Crippen LogP) is 1.83. The Kier molecular flexibility index (Phi) is 3.20. The highest BCUT2D eigenvalue weighted by Gasteiger charge is 2.41. The molecule has 14 heavy (non-hydrogen) atoms. The molecule has 0 aliphatic carbocycles. The number of hydrogen-bond acceptors (Lipinski definition) is 2. The van der Waals surface area contributed by atoms with Crippen molar-refractivity contribution in [2.24, 2.45) is 11.3 Å². The minimum Gasteiger partial charge on any atom is -0.480 e. The summed E-state index contributed by atoms with van der Waals surface area (Å²) in [6, 6.07) is -0.328. The molecule has 0 aromatic rings. The van der Waals surface area contributed by atoms with Crippen molar-refractivity contribution in [3.63, 3.8) is 0 Å². The van der Waals surface area contributed by atoms with E-state index < -0.39 is 5.97 Å². The molecule has 1 atom stereocenters. The van der Waals surface area contributed by atoms with E-state index in [0.29, 0.717) is 5.92 Å². The molecule has 1 rings (SSSR count). The van der Waals surface area contributed by atoms with Crippen molar-refractivity contribution in [2.75, 3.05) is 13.1 Å². The van der Waals surface area contributed by atoms with Gasteiger partial charge in [0.25, 0.3) is 0 Å². The molecule has 1 unspecified atom stereocenters. The number of aliphatic carboxylic acids is 1. The van der Waals surface area contributed by atoms with Crippen molar-refractivity contribution in [1.29, 1.82) is 0 Å². The number of rotatable bonds is 3. The van der Waals surface area contributed by atoms with Gasteiger partial charge in [-0.15, -0.1) is 0 Å². The van der Waals surface area contributed by atoms with E-state index in [9.17, 15) is 4.79 Å². The molecule has 0 aromatic carbocycles. The Labute approximate surface area is 86.1 Å². The molecule has 1 N–H and O–H groups in total. The maximum absolute atomic E-state index is 11.1. The van der Waals surface area contributed by atoms with Crippen LogP contribution in [-0.4, -0.2) is 35.1 Å². The molecule has 0 amide bonds. The third-order valence-corrected chi connectivity index (χ3v) is 2.98. The van der Waals surface area contributed by atoms with E-state index in [0.717, 1.165) is 19.5 Å². The van der Waals surface area contributed by atoms with Crippen molar-refractivity contribution in [1.82, 2.24) is 4.90 Å². The van der Waals surface area contributed by atoms with Gasteiger partial charge in [0.15, 0.2) is 0 Å².